The van der Waals surface area contributed by atoms with Crippen LogP contribution in [-0.2, 0) is 22.0 Å². The van der Waals surface area contributed by atoms with Gasteiger partial charge in [-0.25, -0.2) is 18.7 Å². The molecular formula is C26H21F2N5O2S. The summed E-state index contributed by atoms with van der Waals surface area (Å²) < 4.78 is 46.2. The van der Waals surface area contributed by atoms with Crippen LogP contribution in [0.25, 0.3) is 22.8 Å². The van der Waals surface area contributed by atoms with Gasteiger partial charge in [0.2, 0.25) is 5.89 Å². The van der Waals surface area contributed by atoms with Crippen LogP contribution in [0, 0.1) is 23.0 Å². The molecule has 7 rings (SSSR count). The Labute approximate surface area is 207 Å². The molecule has 0 amide bonds. The lowest BCUT2D eigenvalue weighted by Gasteiger charge is -2.68. The third-order valence-electron chi connectivity index (χ3n) is 8.58. The topological polar surface area (TPSA) is 94.7 Å². The maximum atomic E-state index is 14.5. The van der Waals surface area contributed by atoms with E-state index in [-0.39, 0.29) is 22.6 Å². The number of halogens is 2. The number of hydrogen-bond donors (Lipinski definition) is 0. The van der Waals surface area contributed by atoms with Crippen LogP contribution >= 0.6 is 0 Å². The largest absolute Gasteiger partial charge is 0.443 e. The van der Waals surface area contributed by atoms with Crippen molar-refractivity contribution in [3.8, 4) is 22.8 Å². The van der Waals surface area contributed by atoms with Crippen LogP contribution in [0.4, 0.5) is 8.78 Å². The minimum absolute atomic E-state index is 0.120. The monoisotopic (exact) mass is 505 g/mol. The quantitative estimate of drug-likeness (QED) is 0.392. The number of hydrogen-bond acceptors (Lipinski definition) is 7. The average molecular weight is 506 g/mol. The van der Waals surface area contributed by atoms with Gasteiger partial charge < -0.3 is 4.42 Å². The predicted molar refractivity (Wildman–Crippen MR) is 127 cm³/mol. The summed E-state index contributed by atoms with van der Waals surface area (Å²) in [4.78, 5) is 13.8. The van der Waals surface area contributed by atoms with Gasteiger partial charge in [-0.3, -0.25) is 9.19 Å². The van der Waals surface area contributed by atoms with E-state index >= 15 is 0 Å². The van der Waals surface area contributed by atoms with Gasteiger partial charge in [-0.1, -0.05) is 13.0 Å². The van der Waals surface area contributed by atoms with E-state index in [1.54, 1.807) is 24.7 Å². The Morgan fingerprint density at radius 3 is 2.69 bits per heavy atom. The van der Waals surface area contributed by atoms with Crippen molar-refractivity contribution in [2.45, 2.75) is 36.9 Å². The van der Waals surface area contributed by atoms with Crippen molar-refractivity contribution in [3.05, 3.63) is 77.2 Å². The molecule has 0 N–H and O–H groups in total. The van der Waals surface area contributed by atoms with Crippen molar-refractivity contribution in [1.82, 2.24) is 25.1 Å². The highest BCUT2D eigenvalue weighted by Gasteiger charge is 2.79. The van der Waals surface area contributed by atoms with Gasteiger partial charge in [0.15, 0.2) is 0 Å². The van der Waals surface area contributed by atoms with Crippen LogP contribution in [0.5, 0.6) is 0 Å². The normalized spacial score (nSPS) is 28.1. The van der Waals surface area contributed by atoms with Crippen molar-refractivity contribution in [2.75, 3.05) is 6.26 Å². The van der Waals surface area contributed by atoms with Gasteiger partial charge in [0.25, 0.3) is 0 Å². The standard InChI is InChI=1S/C26H21F2N5O2S/c1-25-13-6-16(25)15-7-19(22-17(27)4-3-5-18(22)28)32-33-23(15)26(25,8-13)21-10-29-9-20(31-21)24-30-14(11-35-24)12-36(2)34/h3-5,7,9-11,13,16H,6,8,12H2,1-2H3/t13?,16-,25?,26+,36?/m1/s1. The first-order valence-electron chi connectivity index (χ1n) is 11.7. The van der Waals surface area contributed by atoms with Gasteiger partial charge in [-0.15, -0.1) is 5.10 Å². The number of fused-ring (bicyclic) bond motifs is 3. The zero-order chi connectivity index (χ0) is 24.8. The van der Waals surface area contributed by atoms with Gasteiger partial charge in [0.05, 0.1) is 45.7 Å². The molecular weight excluding hydrogens is 484 g/mol. The molecule has 0 spiro atoms. The fourth-order valence-corrected chi connectivity index (χ4v) is 7.39. The van der Waals surface area contributed by atoms with Gasteiger partial charge >= 0.3 is 0 Å². The SMILES string of the molecule is CS(=O)Cc1coc(-c2cncc([C@@]34CC5C[C@H](c6cc(-c7c(F)cccc7F)nnc63)C54C)n2)n1. The number of oxazole rings is 1. The molecule has 2 saturated carbocycles. The van der Waals surface area contributed by atoms with E-state index in [1.807, 2.05) is 0 Å². The van der Waals surface area contributed by atoms with Crippen LogP contribution in [0.1, 0.15) is 48.3 Å². The van der Waals surface area contributed by atoms with Crippen LogP contribution in [0.3, 0.4) is 0 Å². The molecule has 3 unspecified atom stereocenters. The first-order chi connectivity index (χ1) is 17.3. The first-order valence-corrected chi connectivity index (χ1v) is 13.5. The number of benzene rings is 1. The van der Waals surface area contributed by atoms with Crippen molar-refractivity contribution in [1.29, 1.82) is 0 Å². The molecule has 2 fully saturated rings. The molecule has 5 atom stereocenters. The van der Waals surface area contributed by atoms with Gasteiger partial charge in [-0.05, 0) is 53.9 Å². The smallest absolute Gasteiger partial charge is 0.246 e. The van der Waals surface area contributed by atoms with E-state index < -0.39 is 27.8 Å². The maximum absolute atomic E-state index is 14.5. The summed E-state index contributed by atoms with van der Waals surface area (Å²) in [5.74, 6) is 0.0110. The Kier molecular flexibility index (Phi) is 4.44. The zero-order valence-corrected chi connectivity index (χ0v) is 20.4. The second-order valence-corrected chi connectivity index (χ2v) is 11.6. The lowest BCUT2D eigenvalue weighted by atomic mass is 9.34. The Bertz CT molecular complexity index is 1570. The summed E-state index contributed by atoms with van der Waals surface area (Å²) in [5, 5.41) is 8.88. The molecule has 3 heterocycles. The summed E-state index contributed by atoms with van der Waals surface area (Å²) in [6.07, 6.45) is 8.32. The summed E-state index contributed by atoms with van der Waals surface area (Å²) in [5.41, 5.74) is 3.08. The minimum Gasteiger partial charge on any atom is -0.443 e. The minimum atomic E-state index is -1.04. The molecule has 3 aliphatic rings. The summed E-state index contributed by atoms with van der Waals surface area (Å²) in [7, 11) is -1.04. The van der Waals surface area contributed by atoms with Crippen molar-refractivity contribution in [3.63, 3.8) is 0 Å². The van der Waals surface area contributed by atoms with E-state index in [1.165, 1.54) is 24.5 Å². The van der Waals surface area contributed by atoms with Crippen LogP contribution in [0.2, 0.25) is 0 Å². The van der Waals surface area contributed by atoms with E-state index in [9.17, 15) is 13.0 Å². The van der Waals surface area contributed by atoms with Crippen molar-refractivity contribution >= 4 is 10.8 Å². The highest BCUT2D eigenvalue weighted by atomic mass is 32.2. The first kappa shape index (κ1) is 21.8. The molecule has 10 heteroatoms. The van der Waals surface area contributed by atoms with Crippen molar-refractivity contribution in [2.24, 2.45) is 11.3 Å². The molecule has 1 aromatic carbocycles. The molecule has 0 bridgehead atoms. The van der Waals surface area contributed by atoms with E-state index in [0.29, 0.717) is 28.9 Å². The summed E-state index contributed by atoms with van der Waals surface area (Å²) in [6, 6.07) is 5.60. The number of rotatable bonds is 5. The Balaban J connectivity index is 1.34. The van der Waals surface area contributed by atoms with Crippen LogP contribution in [-0.4, -0.2) is 35.6 Å². The maximum Gasteiger partial charge on any atom is 0.246 e. The summed E-state index contributed by atoms with van der Waals surface area (Å²) >= 11 is 0. The molecule has 7 nitrogen and oxygen atoms in total. The second kappa shape index (κ2) is 7.32. The Morgan fingerprint density at radius 1 is 1.14 bits per heavy atom. The highest BCUT2D eigenvalue weighted by Crippen LogP contribution is 2.82. The summed E-state index contributed by atoms with van der Waals surface area (Å²) in [6.45, 7) is 2.24. The third kappa shape index (κ3) is 2.65. The second-order valence-electron chi connectivity index (χ2n) is 10.2. The number of aromatic nitrogens is 5. The lowest BCUT2D eigenvalue weighted by molar-refractivity contribution is -0.140. The molecule has 36 heavy (non-hydrogen) atoms. The molecule has 0 radical (unpaired) electrons. The predicted octanol–water partition coefficient (Wildman–Crippen LogP) is 4.56. The van der Waals surface area contributed by atoms with Gasteiger partial charge in [0, 0.05) is 23.3 Å². The highest BCUT2D eigenvalue weighted by molar-refractivity contribution is 7.83. The fourth-order valence-electron chi connectivity index (χ4n) is 6.84. The Hall–Kier alpha value is -3.40. The molecule has 182 valence electrons. The average Bonchev–Trinajstić information content (AvgIpc) is 3.28. The van der Waals surface area contributed by atoms with Gasteiger partial charge in [-0.2, -0.15) is 5.10 Å². The van der Waals surface area contributed by atoms with Gasteiger partial charge in [0.1, 0.15) is 23.6 Å². The molecule has 0 saturated heterocycles. The van der Waals surface area contributed by atoms with E-state index in [0.717, 1.165) is 29.8 Å². The fraction of sp³-hybridized carbons (Fsp3) is 0.346. The molecule has 3 aliphatic carbocycles. The third-order valence-corrected chi connectivity index (χ3v) is 9.28. The number of nitrogens with zero attached hydrogens (tertiary/aromatic N) is 5. The zero-order valence-electron chi connectivity index (χ0n) is 19.5. The lowest BCUT2D eigenvalue weighted by Crippen LogP contribution is -2.65. The molecule has 3 aromatic heterocycles. The van der Waals surface area contributed by atoms with Crippen molar-refractivity contribution < 1.29 is 17.4 Å². The van der Waals surface area contributed by atoms with Crippen LogP contribution in [0.15, 0.2) is 47.3 Å². The van der Waals surface area contributed by atoms with E-state index in [2.05, 4.69) is 27.1 Å². The van der Waals surface area contributed by atoms with Crippen LogP contribution < -0.4 is 0 Å². The molecule has 0 aliphatic heterocycles. The Morgan fingerprint density at radius 2 is 1.94 bits per heavy atom. The molecule has 4 aromatic rings. The van der Waals surface area contributed by atoms with E-state index in [4.69, 9.17) is 9.40 Å².